The van der Waals surface area contributed by atoms with E-state index in [0.717, 1.165) is 5.56 Å². The molecule has 0 unspecified atom stereocenters. The lowest BCUT2D eigenvalue weighted by atomic mass is 10.2. The summed E-state index contributed by atoms with van der Waals surface area (Å²) < 4.78 is 5.15. The first-order chi connectivity index (χ1) is 10.9. The number of anilines is 1. The predicted octanol–water partition coefficient (Wildman–Crippen LogP) is 4.49. The third-order valence-corrected chi connectivity index (χ3v) is 3.92. The minimum Gasteiger partial charge on any atom is -0.449 e. The number of carbonyl (C=O) groups excluding carboxylic acids is 2. The molecule has 0 aromatic heterocycles. The number of hydrogen-bond acceptors (Lipinski definition) is 3. The van der Waals surface area contributed by atoms with E-state index in [1.807, 2.05) is 0 Å². The number of halogens is 2. The zero-order valence-electron chi connectivity index (χ0n) is 12.6. The summed E-state index contributed by atoms with van der Waals surface area (Å²) in [6, 6.07) is 11.4. The lowest BCUT2D eigenvalue weighted by Crippen LogP contribution is -2.30. The van der Waals surface area contributed by atoms with Crippen molar-refractivity contribution in [3.8, 4) is 0 Å². The first kappa shape index (κ1) is 17.3. The maximum Gasteiger partial charge on any atom is 0.338 e. The molecule has 120 valence electrons. The number of ether oxygens (including phenoxy) is 1. The summed E-state index contributed by atoms with van der Waals surface area (Å²) in [5.41, 5.74) is 1.66. The van der Waals surface area contributed by atoms with Crippen LogP contribution in [0.25, 0.3) is 0 Å². The molecule has 1 N–H and O–H groups in total. The van der Waals surface area contributed by atoms with E-state index >= 15 is 0 Å². The molecule has 0 spiro atoms. The van der Waals surface area contributed by atoms with Crippen molar-refractivity contribution in [1.29, 1.82) is 0 Å². The SMILES string of the molecule is Cc1c(Cl)cccc1NC(=O)[C@@H](C)OC(=O)c1ccc(Cl)cc1. The topological polar surface area (TPSA) is 55.4 Å². The van der Waals surface area contributed by atoms with Gasteiger partial charge in [0.15, 0.2) is 6.10 Å². The second kappa shape index (κ2) is 7.49. The van der Waals surface area contributed by atoms with Crippen LogP contribution in [-0.2, 0) is 9.53 Å². The molecule has 4 nitrogen and oxygen atoms in total. The molecule has 0 aliphatic rings. The van der Waals surface area contributed by atoms with Crippen LogP contribution in [0.4, 0.5) is 5.69 Å². The highest BCUT2D eigenvalue weighted by atomic mass is 35.5. The fourth-order valence-electron chi connectivity index (χ4n) is 1.85. The highest BCUT2D eigenvalue weighted by Gasteiger charge is 2.19. The van der Waals surface area contributed by atoms with E-state index in [9.17, 15) is 9.59 Å². The third-order valence-electron chi connectivity index (χ3n) is 3.26. The second-order valence-electron chi connectivity index (χ2n) is 4.96. The Hall–Kier alpha value is -2.04. The van der Waals surface area contributed by atoms with Crippen LogP contribution >= 0.6 is 23.2 Å². The molecule has 6 heteroatoms. The summed E-state index contributed by atoms with van der Waals surface area (Å²) in [6.07, 6.45) is -0.948. The molecule has 0 saturated carbocycles. The molecule has 0 aliphatic carbocycles. The first-order valence-electron chi connectivity index (χ1n) is 6.91. The maximum atomic E-state index is 12.1. The van der Waals surface area contributed by atoms with Crippen molar-refractivity contribution in [3.63, 3.8) is 0 Å². The Labute approximate surface area is 144 Å². The van der Waals surface area contributed by atoms with Gasteiger partial charge in [0, 0.05) is 15.7 Å². The number of esters is 1. The largest absolute Gasteiger partial charge is 0.449 e. The van der Waals surface area contributed by atoms with E-state index in [4.69, 9.17) is 27.9 Å². The summed E-state index contributed by atoms with van der Waals surface area (Å²) in [6.45, 7) is 3.30. The molecule has 1 atom stereocenters. The van der Waals surface area contributed by atoms with Gasteiger partial charge in [-0.05, 0) is 55.8 Å². The van der Waals surface area contributed by atoms with E-state index < -0.39 is 18.0 Å². The van der Waals surface area contributed by atoms with E-state index in [1.165, 1.54) is 19.1 Å². The molecule has 0 bridgehead atoms. The lowest BCUT2D eigenvalue weighted by Gasteiger charge is -2.15. The van der Waals surface area contributed by atoms with Gasteiger partial charge in [0.05, 0.1) is 5.56 Å². The minimum atomic E-state index is -0.948. The summed E-state index contributed by atoms with van der Waals surface area (Å²) in [5.74, 6) is -1.02. The third kappa shape index (κ3) is 4.47. The van der Waals surface area contributed by atoms with Crippen molar-refractivity contribution in [2.24, 2.45) is 0 Å². The molecule has 0 saturated heterocycles. The van der Waals surface area contributed by atoms with Crippen LogP contribution in [0.15, 0.2) is 42.5 Å². The second-order valence-corrected chi connectivity index (χ2v) is 5.80. The minimum absolute atomic E-state index is 0.327. The van der Waals surface area contributed by atoms with Crippen molar-refractivity contribution in [2.45, 2.75) is 20.0 Å². The Kier molecular flexibility index (Phi) is 5.64. The van der Waals surface area contributed by atoms with Crippen molar-refractivity contribution >= 4 is 40.8 Å². The van der Waals surface area contributed by atoms with Gasteiger partial charge in [-0.1, -0.05) is 29.3 Å². The van der Waals surface area contributed by atoms with E-state index in [1.54, 1.807) is 37.3 Å². The van der Waals surface area contributed by atoms with Gasteiger partial charge in [0.2, 0.25) is 0 Å². The molecular weight excluding hydrogens is 337 g/mol. The highest BCUT2D eigenvalue weighted by molar-refractivity contribution is 6.31. The fourth-order valence-corrected chi connectivity index (χ4v) is 2.15. The van der Waals surface area contributed by atoms with Crippen LogP contribution in [0, 0.1) is 6.92 Å². The lowest BCUT2D eigenvalue weighted by molar-refractivity contribution is -0.123. The molecule has 2 aromatic carbocycles. The maximum absolute atomic E-state index is 12.1. The Balaban J connectivity index is 2.01. The molecule has 0 aliphatic heterocycles. The smallest absolute Gasteiger partial charge is 0.338 e. The van der Waals surface area contributed by atoms with Crippen LogP contribution in [-0.4, -0.2) is 18.0 Å². The predicted molar refractivity (Wildman–Crippen MR) is 91.1 cm³/mol. The molecule has 2 rings (SSSR count). The van der Waals surface area contributed by atoms with Crippen molar-refractivity contribution in [3.05, 3.63) is 63.6 Å². The quantitative estimate of drug-likeness (QED) is 0.825. The summed E-state index contributed by atoms with van der Waals surface area (Å²) in [4.78, 5) is 24.1. The molecule has 1 amide bonds. The van der Waals surface area contributed by atoms with Crippen LogP contribution in [0.5, 0.6) is 0 Å². The fraction of sp³-hybridized carbons (Fsp3) is 0.176. The number of nitrogens with one attached hydrogen (secondary N) is 1. The zero-order chi connectivity index (χ0) is 17.0. The summed E-state index contributed by atoms with van der Waals surface area (Å²) in [5, 5.41) is 3.76. The van der Waals surface area contributed by atoms with Gasteiger partial charge in [-0.2, -0.15) is 0 Å². The normalized spacial score (nSPS) is 11.7. The standard InChI is InChI=1S/C17H15Cl2NO3/c1-10-14(19)4-3-5-15(10)20-16(21)11(2)23-17(22)12-6-8-13(18)9-7-12/h3-9,11H,1-2H3,(H,20,21)/t11-/m1/s1. The Morgan fingerprint density at radius 3 is 2.39 bits per heavy atom. The van der Waals surface area contributed by atoms with Crippen LogP contribution < -0.4 is 5.32 Å². The summed E-state index contributed by atoms with van der Waals surface area (Å²) >= 11 is 11.8. The van der Waals surface area contributed by atoms with Crippen molar-refractivity contribution in [2.75, 3.05) is 5.32 Å². The average molecular weight is 352 g/mol. The Morgan fingerprint density at radius 2 is 1.74 bits per heavy atom. The zero-order valence-corrected chi connectivity index (χ0v) is 14.1. The number of carbonyl (C=O) groups is 2. The van der Waals surface area contributed by atoms with E-state index in [0.29, 0.717) is 21.3 Å². The molecular formula is C17H15Cl2NO3. The highest BCUT2D eigenvalue weighted by Crippen LogP contribution is 2.23. The monoisotopic (exact) mass is 351 g/mol. The van der Waals surface area contributed by atoms with Gasteiger partial charge < -0.3 is 10.1 Å². The van der Waals surface area contributed by atoms with Gasteiger partial charge >= 0.3 is 5.97 Å². The molecule has 23 heavy (non-hydrogen) atoms. The van der Waals surface area contributed by atoms with Gasteiger partial charge in [-0.25, -0.2) is 4.79 Å². The van der Waals surface area contributed by atoms with Crippen LogP contribution in [0.3, 0.4) is 0 Å². The molecule has 0 heterocycles. The molecule has 0 fully saturated rings. The number of amides is 1. The van der Waals surface area contributed by atoms with Crippen molar-refractivity contribution < 1.29 is 14.3 Å². The van der Waals surface area contributed by atoms with Gasteiger partial charge in [-0.3, -0.25) is 4.79 Å². The van der Waals surface area contributed by atoms with Gasteiger partial charge in [-0.15, -0.1) is 0 Å². The van der Waals surface area contributed by atoms with Crippen LogP contribution in [0.1, 0.15) is 22.8 Å². The number of hydrogen-bond donors (Lipinski definition) is 1. The summed E-state index contributed by atoms with van der Waals surface area (Å²) in [7, 11) is 0. The Bertz CT molecular complexity index is 729. The Morgan fingerprint density at radius 1 is 1.09 bits per heavy atom. The van der Waals surface area contributed by atoms with Gasteiger partial charge in [0.1, 0.15) is 0 Å². The van der Waals surface area contributed by atoms with Gasteiger partial charge in [0.25, 0.3) is 5.91 Å². The van der Waals surface area contributed by atoms with E-state index in [-0.39, 0.29) is 0 Å². The molecule has 0 radical (unpaired) electrons. The average Bonchev–Trinajstić information content (AvgIpc) is 2.52. The first-order valence-corrected chi connectivity index (χ1v) is 7.66. The molecule has 2 aromatic rings. The number of benzene rings is 2. The number of rotatable bonds is 4. The van der Waals surface area contributed by atoms with Crippen molar-refractivity contribution in [1.82, 2.24) is 0 Å². The van der Waals surface area contributed by atoms with Crippen LogP contribution in [0.2, 0.25) is 10.0 Å². The van der Waals surface area contributed by atoms with E-state index in [2.05, 4.69) is 5.32 Å².